The molecule has 0 amide bonds. The van der Waals surface area contributed by atoms with Gasteiger partial charge in [0, 0.05) is 0 Å². The highest BCUT2D eigenvalue weighted by atomic mass is 16.3. The van der Waals surface area contributed by atoms with Crippen LogP contribution in [0.15, 0.2) is 12.1 Å². The predicted molar refractivity (Wildman–Crippen MR) is 70.1 cm³/mol. The van der Waals surface area contributed by atoms with Crippen LogP contribution in [0.3, 0.4) is 0 Å². The van der Waals surface area contributed by atoms with Crippen LogP contribution in [0.4, 0.5) is 0 Å². The molecule has 90 valence electrons. The first-order valence-corrected chi connectivity index (χ1v) is 6.30. The SMILES string of the molecule is CCc1cc(CC(C)C)c(O)c(C(C)C)c1. The molecule has 0 spiro atoms. The van der Waals surface area contributed by atoms with Gasteiger partial charge in [0.05, 0.1) is 0 Å². The van der Waals surface area contributed by atoms with Gasteiger partial charge in [-0.15, -0.1) is 0 Å². The van der Waals surface area contributed by atoms with Crippen LogP contribution in [-0.2, 0) is 12.8 Å². The van der Waals surface area contributed by atoms with Gasteiger partial charge in [-0.2, -0.15) is 0 Å². The summed E-state index contributed by atoms with van der Waals surface area (Å²) in [5.74, 6) is 1.48. The molecule has 0 atom stereocenters. The fourth-order valence-corrected chi connectivity index (χ4v) is 2.03. The summed E-state index contributed by atoms with van der Waals surface area (Å²) in [6.07, 6.45) is 1.99. The number of hydrogen-bond acceptors (Lipinski definition) is 1. The number of aryl methyl sites for hydroxylation is 1. The van der Waals surface area contributed by atoms with Gasteiger partial charge in [0.2, 0.25) is 0 Å². The average Bonchev–Trinajstić information content (AvgIpc) is 2.19. The highest BCUT2D eigenvalue weighted by Crippen LogP contribution is 2.32. The molecule has 0 radical (unpaired) electrons. The normalized spacial score (nSPS) is 11.4. The number of aromatic hydroxyl groups is 1. The zero-order valence-electron chi connectivity index (χ0n) is 11.2. The van der Waals surface area contributed by atoms with E-state index in [1.807, 2.05) is 0 Å². The summed E-state index contributed by atoms with van der Waals surface area (Å²) in [6, 6.07) is 4.30. The Kier molecular flexibility index (Phi) is 4.40. The Morgan fingerprint density at radius 2 is 1.75 bits per heavy atom. The minimum Gasteiger partial charge on any atom is -0.507 e. The standard InChI is InChI=1S/C15H24O/c1-6-12-8-13(7-10(2)3)15(16)14(9-12)11(4)5/h8-11,16H,6-7H2,1-5H3. The van der Waals surface area contributed by atoms with E-state index in [-0.39, 0.29) is 0 Å². The van der Waals surface area contributed by atoms with Gasteiger partial charge in [0.15, 0.2) is 0 Å². The maximum absolute atomic E-state index is 10.2. The van der Waals surface area contributed by atoms with Crippen LogP contribution in [0.2, 0.25) is 0 Å². The van der Waals surface area contributed by atoms with Gasteiger partial charge in [-0.3, -0.25) is 0 Å². The summed E-state index contributed by atoms with van der Waals surface area (Å²) in [4.78, 5) is 0. The lowest BCUT2D eigenvalue weighted by Crippen LogP contribution is -2.00. The number of phenols is 1. The molecule has 0 saturated carbocycles. The first-order valence-electron chi connectivity index (χ1n) is 6.30. The molecule has 16 heavy (non-hydrogen) atoms. The average molecular weight is 220 g/mol. The lowest BCUT2D eigenvalue weighted by atomic mass is 9.92. The first kappa shape index (κ1) is 13.1. The van der Waals surface area contributed by atoms with Crippen LogP contribution in [0.5, 0.6) is 5.75 Å². The Bertz CT molecular complexity index is 351. The molecule has 0 unspecified atom stereocenters. The van der Waals surface area contributed by atoms with Crippen LogP contribution >= 0.6 is 0 Å². The lowest BCUT2D eigenvalue weighted by molar-refractivity contribution is 0.452. The molecule has 0 saturated heterocycles. The summed E-state index contributed by atoms with van der Waals surface area (Å²) in [6.45, 7) is 10.8. The third-order valence-corrected chi connectivity index (χ3v) is 2.94. The Morgan fingerprint density at radius 3 is 2.19 bits per heavy atom. The van der Waals surface area contributed by atoms with E-state index >= 15 is 0 Å². The van der Waals surface area contributed by atoms with Gasteiger partial charge in [-0.1, -0.05) is 46.8 Å². The van der Waals surface area contributed by atoms with Gasteiger partial charge in [0.1, 0.15) is 5.75 Å². The third kappa shape index (κ3) is 3.01. The second kappa shape index (κ2) is 5.38. The second-order valence-corrected chi connectivity index (χ2v) is 5.30. The number of rotatable bonds is 4. The highest BCUT2D eigenvalue weighted by Gasteiger charge is 2.13. The zero-order valence-corrected chi connectivity index (χ0v) is 11.2. The zero-order chi connectivity index (χ0) is 12.3. The van der Waals surface area contributed by atoms with Gasteiger partial charge in [-0.05, 0) is 41.4 Å². The smallest absolute Gasteiger partial charge is 0.122 e. The topological polar surface area (TPSA) is 20.2 Å². The van der Waals surface area contributed by atoms with Crippen molar-refractivity contribution in [3.8, 4) is 5.75 Å². The molecule has 0 aliphatic rings. The number of phenolic OH excluding ortho intramolecular Hbond substituents is 1. The fourth-order valence-electron chi connectivity index (χ4n) is 2.03. The van der Waals surface area contributed by atoms with Crippen LogP contribution < -0.4 is 0 Å². The minimum absolute atomic E-state index is 0.386. The molecule has 0 heterocycles. The molecule has 1 rings (SSSR count). The first-order chi connectivity index (χ1) is 7.45. The Morgan fingerprint density at radius 1 is 1.12 bits per heavy atom. The van der Waals surface area contributed by atoms with Crippen molar-refractivity contribution in [1.29, 1.82) is 0 Å². The van der Waals surface area contributed by atoms with E-state index < -0.39 is 0 Å². The van der Waals surface area contributed by atoms with Crippen molar-refractivity contribution >= 4 is 0 Å². The van der Waals surface area contributed by atoms with Crippen molar-refractivity contribution in [3.63, 3.8) is 0 Å². The molecule has 0 bridgehead atoms. The monoisotopic (exact) mass is 220 g/mol. The maximum atomic E-state index is 10.2. The van der Waals surface area contributed by atoms with Crippen molar-refractivity contribution in [2.24, 2.45) is 5.92 Å². The van der Waals surface area contributed by atoms with E-state index in [1.165, 1.54) is 5.56 Å². The molecular weight excluding hydrogens is 196 g/mol. The third-order valence-electron chi connectivity index (χ3n) is 2.94. The maximum Gasteiger partial charge on any atom is 0.122 e. The van der Waals surface area contributed by atoms with Crippen LogP contribution in [-0.4, -0.2) is 5.11 Å². The van der Waals surface area contributed by atoms with Crippen LogP contribution in [0.25, 0.3) is 0 Å². The number of benzene rings is 1. The van der Waals surface area contributed by atoms with Gasteiger partial charge in [0.25, 0.3) is 0 Å². The van der Waals surface area contributed by atoms with E-state index in [0.29, 0.717) is 17.6 Å². The summed E-state index contributed by atoms with van der Waals surface area (Å²) in [5, 5.41) is 10.2. The summed E-state index contributed by atoms with van der Waals surface area (Å²) < 4.78 is 0. The van der Waals surface area contributed by atoms with Crippen molar-refractivity contribution in [2.45, 2.75) is 53.4 Å². The summed E-state index contributed by atoms with van der Waals surface area (Å²) >= 11 is 0. The second-order valence-electron chi connectivity index (χ2n) is 5.30. The Hall–Kier alpha value is -0.980. The molecular formula is C15H24O. The van der Waals surface area contributed by atoms with Crippen LogP contribution in [0, 0.1) is 5.92 Å². The van der Waals surface area contributed by atoms with Crippen LogP contribution in [0.1, 0.15) is 57.2 Å². The van der Waals surface area contributed by atoms with Gasteiger partial charge in [-0.25, -0.2) is 0 Å². The summed E-state index contributed by atoms with van der Waals surface area (Å²) in [5.41, 5.74) is 3.53. The highest BCUT2D eigenvalue weighted by molar-refractivity contribution is 5.45. The molecule has 0 fully saturated rings. The molecule has 0 aliphatic carbocycles. The lowest BCUT2D eigenvalue weighted by Gasteiger charge is -2.16. The number of hydrogen-bond donors (Lipinski definition) is 1. The Balaban J connectivity index is 3.20. The van der Waals surface area contributed by atoms with E-state index in [0.717, 1.165) is 24.0 Å². The predicted octanol–water partition coefficient (Wildman–Crippen LogP) is 4.28. The van der Waals surface area contributed by atoms with E-state index in [1.54, 1.807) is 0 Å². The van der Waals surface area contributed by atoms with Crippen molar-refractivity contribution in [1.82, 2.24) is 0 Å². The van der Waals surface area contributed by atoms with Crippen molar-refractivity contribution in [2.75, 3.05) is 0 Å². The molecule has 1 aromatic rings. The fraction of sp³-hybridized carbons (Fsp3) is 0.600. The molecule has 1 heteroatoms. The van der Waals surface area contributed by atoms with Gasteiger partial charge >= 0.3 is 0 Å². The van der Waals surface area contributed by atoms with Crippen molar-refractivity contribution < 1.29 is 5.11 Å². The quantitative estimate of drug-likeness (QED) is 0.803. The molecule has 1 N–H and O–H groups in total. The van der Waals surface area contributed by atoms with Crippen molar-refractivity contribution in [3.05, 3.63) is 28.8 Å². The Labute approximate surface area is 99.5 Å². The largest absolute Gasteiger partial charge is 0.507 e. The van der Waals surface area contributed by atoms with E-state index in [2.05, 4.69) is 46.8 Å². The van der Waals surface area contributed by atoms with Gasteiger partial charge < -0.3 is 5.11 Å². The molecule has 1 aromatic carbocycles. The van der Waals surface area contributed by atoms with E-state index in [4.69, 9.17) is 0 Å². The minimum atomic E-state index is 0.386. The summed E-state index contributed by atoms with van der Waals surface area (Å²) in [7, 11) is 0. The van der Waals surface area contributed by atoms with E-state index in [9.17, 15) is 5.11 Å². The molecule has 1 nitrogen and oxygen atoms in total. The molecule has 0 aliphatic heterocycles. The molecule has 0 aromatic heterocycles.